The molecule has 2 aromatic rings. The number of nitrogens with zero attached hydrogens (tertiary/aromatic N) is 2. The number of rotatable bonds is 9. The first kappa shape index (κ1) is 24.7. The molecule has 2 heterocycles. The lowest BCUT2D eigenvalue weighted by Gasteiger charge is -2.38. The normalized spacial score (nSPS) is 18.4. The Bertz CT molecular complexity index is 952. The predicted octanol–water partition coefficient (Wildman–Crippen LogP) is 4.68. The van der Waals surface area contributed by atoms with Crippen LogP contribution in [0.15, 0.2) is 35.7 Å². The van der Waals surface area contributed by atoms with Crippen LogP contribution < -0.4 is 4.74 Å². The number of amides is 2. The van der Waals surface area contributed by atoms with Crippen LogP contribution in [0, 0.1) is 5.92 Å². The first-order chi connectivity index (χ1) is 16.6. The quantitative estimate of drug-likeness (QED) is 0.485. The average molecular weight is 485 g/mol. The summed E-state index contributed by atoms with van der Waals surface area (Å²) in [6.45, 7) is 1.93. The Morgan fingerprint density at radius 1 is 1.09 bits per heavy atom. The second-order valence-corrected chi connectivity index (χ2v) is 10.3. The first-order valence-electron chi connectivity index (χ1n) is 12.4. The van der Waals surface area contributed by atoms with Gasteiger partial charge < -0.3 is 19.3 Å². The predicted molar refractivity (Wildman–Crippen MR) is 134 cm³/mol. The number of carbonyl (C=O) groups excluding carboxylic acids is 2. The average Bonchev–Trinajstić information content (AvgIpc) is 3.37. The molecule has 2 aliphatic rings. The van der Waals surface area contributed by atoms with Crippen molar-refractivity contribution in [3.63, 3.8) is 0 Å². The monoisotopic (exact) mass is 484 g/mol. The fourth-order valence-electron chi connectivity index (χ4n) is 5.26. The molecule has 1 saturated carbocycles. The highest BCUT2D eigenvalue weighted by Gasteiger charge is 2.35. The zero-order chi connectivity index (χ0) is 23.9. The van der Waals surface area contributed by atoms with Crippen molar-refractivity contribution in [1.29, 1.82) is 0 Å². The Labute approximate surface area is 206 Å². The van der Waals surface area contributed by atoms with Gasteiger partial charge in [0, 0.05) is 37.6 Å². The maximum Gasteiger partial charge on any atom is 0.242 e. The van der Waals surface area contributed by atoms with Gasteiger partial charge in [-0.05, 0) is 60.4 Å². The molecule has 1 unspecified atom stereocenters. The summed E-state index contributed by atoms with van der Waals surface area (Å²) in [6.07, 6.45) is 6.86. The molecule has 4 rings (SSSR count). The molecule has 0 spiro atoms. The lowest BCUT2D eigenvalue weighted by atomic mass is 9.88. The second-order valence-electron chi connectivity index (χ2n) is 9.25. The van der Waals surface area contributed by atoms with Crippen LogP contribution in [-0.4, -0.2) is 62.1 Å². The van der Waals surface area contributed by atoms with Crippen molar-refractivity contribution < 1.29 is 19.1 Å². The van der Waals surface area contributed by atoms with Gasteiger partial charge in [0.15, 0.2) is 0 Å². The van der Waals surface area contributed by atoms with Gasteiger partial charge in [-0.3, -0.25) is 9.59 Å². The molecule has 0 bridgehead atoms. The number of ether oxygens (including phenoxy) is 2. The van der Waals surface area contributed by atoms with E-state index in [-0.39, 0.29) is 30.3 Å². The van der Waals surface area contributed by atoms with E-state index in [1.165, 1.54) is 16.9 Å². The van der Waals surface area contributed by atoms with Crippen molar-refractivity contribution in [3.8, 4) is 5.75 Å². The highest BCUT2D eigenvalue weighted by Crippen LogP contribution is 2.38. The van der Waals surface area contributed by atoms with Crippen molar-refractivity contribution >= 4 is 23.2 Å². The molecule has 1 aromatic heterocycles. The maximum atomic E-state index is 13.7. The third kappa shape index (κ3) is 5.63. The number of thiophene rings is 1. The maximum absolute atomic E-state index is 13.7. The standard InChI is InChI=1S/C27H36N2O4S/c1-32-17-6-15-28(27(31)21-7-4-3-5-8-21)19-25(30)29-16-13-24-23(14-18-34-24)26(29)20-9-11-22(33-2)12-10-20/h9-12,14,18,21,26H,3-8,13,15-17,19H2,1-2H3. The fraction of sp³-hybridized carbons (Fsp3) is 0.556. The molecule has 1 fully saturated rings. The van der Waals surface area contributed by atoms with Gasteiger partial charge in [-0.2, -0.15) is 0 Å². The molecule has 1 atom stereocenters. The summed E-state index contributed by atoms with van der Waals surface area (Å²) in [4.78, 5) is 32.2. The van der Waals surface area contributed by atoms with Crippen LogP contribution in [0.4, 0.5) is 0 Å². The number of hydrogen-bond acceptors (Lipinski definition) is 5. The molecule has 1 aliphatic heterocycles. The summed E-state index contributed by atoms with van der Waals surface area (Å²) in [7, 11) is 3.33. The highest BCUT2D eigenvalue weighted by atomic mass is 32.1. The van der Waals surface area contributed by atoms with Crippen LogP contribution >= 0.6 is 11.3 Å². The van der Waals surface area contributed by atoms with Crippen molar-refractivity contribution in [2.75, 3.05) is 40.5 Å². The number of methoxy groups -OCH3 is 2. The molecule has 184 valence electrons. The van der Waals surface area contributed by atoms with Gasteiger partial charge >= 0.3 is 0 Å². The fourth-order valence-corrected chi connectivity index (χ4v) is 6.16. The second kappa shape index (κ2) is 11.8. The van der Waals surface area contributed by atoms with Gasteiger partial charge in [0.1, 0.15) is 5.75 Å². The van der Waals surface area contributed by atoms with E-state index in [9.17, 15) is 9.59 Å². The van der Waals surface area contributed by atoms with Crippen LogP contribution in [0.2, 0.25) is 0 Å². The Hall–Kier alpha value is -2.38. The molecule has 1 aromatic carbocycles. The van der Waals surface area contributed by atoms with Crippen molar-refractivity contribution in [2.24, 2.45) is 5.92 Å². The minimum atomic E-state index is -0.140. The molecule has 0 saturated heterocycles. The van der Waals surface area contributed by atoms with E-state index in [0.717, 1.165) is 49.8 Å². The lowest BCUT2D eigenvalue weighted by molar-refractivity contribution is -0.144. The third-order valence-electron chi connectivity index (χ3n) is 7.09. The van der Waals surface area contributed by atoms with Crippen molar-refractivity contribution in [2.45, 2.75) is 51.0 Å². The zero-order valence-corrected chi connectivity index (χ0v) is 21.1. The van der Waals surface area contributed by atoms with E-state index in [1.807, 2.05) is 29.2 Å². The van der Waals surface area contributed by atoms with Gasteiger partial charge in [0.2, 0.25) is 11.8 Å². The van der Waals surface area contributed by atoms with E-state index in [1.54, 1.807) is 30.5 Å². The Kier molecular flexibility index (Phi) is 8.62. The van der Waals surface area contributed by atoms with Crippen molar-refractivity contribution in [1.82, 2.24) is 9.80 Å². The number of hydrogen-bond donors (Lipinski definition) is 0. The van der Waals surface area contributed by atoms with Gasteiger partial charge in [-0.25, -0.2) is 0 Å². The SMILES string of the molecule is COCCCN(CC(=O)N1CCc2sccc2C1c1ccc(OC)cc1)C(=O)C1CCCCC1. The largest absolute Gasteiger partial charge is 0.497 e. The molecule has 1 aliphatic carbocycles. The van der Waals surface area contributed by atoms with Crippen molar-refractivity contribution in [3.05, 3.63) is 51.7 Å². The van der Waals surface area contributed by atoms with Crippen LogP contribution in [0.1, 0.15) is 60.6 Å². The smallest absolute Gasteiger partial charge is 0.242 e. The van der Waals surface area contributed by atoms with Crippen LogP contribution in [0.5, 0.6) is 5.75 Å². The summed E-state index contributed by atoms with van der Waals surface area (Å²) in [5.74, 6) is 0.995. The molecule has 0 radical (unpaired) electrons. The molecular formula is C27H36N2O4S. The van der Waals surface area contributed by atoms with Crippen LogP contribution in [0.3, 0.4) is 0 Å². The molecule has 34 heavy (non-hydrogen) atoms. The number of carbonyl (C=O) groups is 2. The number of fused-ring (bicyclic) bond motifs is 1. The Morgan fingerprint density at radius 3 is 2.56 bits per heavy atom. The van der Waals surface area contributed by atoms with E-state index in [2.05, 4.69) is 11.4 Å². The third-order valence-corrected chi connectivity index (χ3v) is 8.08. The minimum absolute atomic E-state index is 0.0132. The Balaban J connectivity index is 1.55. The van der Waals surface area contributed by atoms with Gasteiger partial charge in [-0.15, -0.1) is 11.3 Å². The molecule has 2 amide bonds. The van der Waals surface area contributed by atoms with Crippen LogP contribution in [-0.2, 0) is 20.7 Å². The summed E-state index contributed by atoms with van der Waals surface area (Å²) < 4.78 is 10.6. The molecule has 6 nitrogen and oxygen atoms in total. The molecular weight excluding hydrogens is 448 g/mol. The summed E-state index contributed by atoms with van der Waals surface area (Å²) in [6, 6.07) is 9.97. The van der Waals surface area contributed by atoms with Gasteiger partial charge in [0.05, 0.1) is 19.7 Å². The molecule has 0 N–H and O–H groups in total. The summed E-state index contributed by atoms with van der Waals surface area (Å²) in [5, 5.41) is 2.11. The lowest BCUT2D eigenvalue weighted by Crippen LogP contribution is -2.48. The van der Waals surface area contributed by atoms with Gasteiger partial charge in [-0.1, -0.05) is 31.4 Å². The first-order valence-corrected chi connectivity index (χ1v) is 13.3. The van der Waals surface area contributed by atoms with E-state index in [4.69, 9.17) is 9.47 Å². The van der Waals surface area contributed by atoms with E-state index >= 15 is 0 Å². The summed E-state index contributed by atoms with van der Waals surface area (Å²) >= 11 is 1.76. The highest BCUT2D eigenvalue weighted by molar-refractivity contribution is 7.10. The minimum Gasteiger partial charge on any atom is -0.497 e. The number of benzene rings is 1. The van der Waals surface area contributed by atoms with Gasteiger partial charge in [0.25, 0.3) is 0 Å². The van der Waals surface area contributed by atoms with E-state index < -0.39 is 0 Å². The molecule has 7 heteroatoms. The Morgan fingerprint density at radius 2 is 1.85 bits per heavy atom. The van der Waals surface area contributed by atoms with Crippen LogP contribution in [0.25, 0.3) is 0 Å². The van der Waals surface area contributed by atoms with E-state index in [0.29, 0.717) is 19.7 Å². The summed E-state index contributed by atoms with van der Waals surface area (Å²) in [5.41, 5.74) is 2.26. The zero-order valence-electron chi connectivity index (χ0n) is 20.3. The topological polar surface area (TPSA) is 59.1 Å².